The van der Waals surface area contributed by atoms with Crippen LogP contribution in [0.1, 0.15) is 39.3 Å². The second kappa shape index (κ2) is 5.91. The van der Waals surface area contributed by atoms with Gasteiger partial charge in [-0.1, -0.05) is 31.9 Å². The van der Waals surface area contributed by atoms with Crippen molar-refractivity contribution in [3.63, 3.8) is 0 Å². The van der Waals surface area contributed by atoms with Crippen LogP contribution in [0, 0.1) is 0 Å². The molecule has 0 radical (unpaired) electrons. The molecular formula is C11H18ClN3. The number of aryl methyl sites for hydroxylation is 1. The lowest BCUT2D eigenvalue weighted by Crippen LogP contribution is -2.16. The third-order valence-electron chi connectivity index (χ3n) is 2.24. The monoisotopic (exact) mass is 227 g/mol. The first-order chi connectivity index (χ1) is 7.15. The minimum Gasteiger partial charge on any atom is -0.352 e. The molecule has 1 unspecified atom stereocenters. The van der Waals surface area contributed by atoms with E-state index in [0.29, 0.717) is 17.1 Å². The summed E-state index contributed by atoms with van der Waals surface area (Å²) in [5.41, 5.74) is 1.00. The van der Waals surface area contributed by atoms with Crippen molar-refractivity contribution >= 4 is 17.5 Å². The van der Waals surface area contributed by atoms with Crippen molar-refractivity contribution in [3.05, 3.63) is 16.9 Å². The van der Waals surface area contributed by atoms with Crippen LogP contribution in [-0.4, -0.2) is 16.0 Å². The molecule has 1 atom stereocenters. The van der Waals surface area contributed by atoms with Crippen LogP contribution in [0.25, 0.3) is 0 Å². The Morgan fingerprint density at radius 2 is 2.13 bits per heavy atom. The summed E-state index contributed by atoms with van der Waals surface area (Å²) in [5.74, 6) is 0.639. The van der Waals surface area contributed by atoms with E-state index in [0.717, 1.165) is 25.0 Å². The maximum Gasteiger partial charge on any atom is 0.224 e. The minimum atomic E-state index is 0.373. The number of nitrogens with zero attached hydrogens (tertiary/aromatic N) is 2. The van der Waals surface area contributed by atoms with E-state index in [1.807, 2.05) is 6.07 Å². The lowest BCUT2D eigenvalue weighted by atomic mass is 10.2. The van der Waals surface area contributed by atoms with Crippen molar-refractivity contribution in [1.82, 2.24) is 9.97 Å². The van der Waals surface area contributed by atoms with Gasteiger partial charge in [0.05, 0.1) is 0 Å². The number of aromatic nitrogens is 2. The number of hydrogen-bond donors (Lipinski definition) is 1. The van der Waals surface area contributed by atoms with Gasteiger partial charge in [0.1, 0.15) is 5.15 Å². The summed E-state index contributed by atoms with van der Waals surface area (Å²) in [6.07, 6.45) is 3.05. The molecule has 0 saturated carbocycles. The quantitative estimate of drug-likeness (QED) is 0.785. The van der Waals surface area contributed by atoms with E-state index in [-0.39, 0.29) is 0 Å². The highest BCUT2D eigenvalue weighted by atomic mass is 35.5. The van der Waals surface area contributed by atoms with Crippen LogP contribution in [-0.2, 0) is 6.42 Å². The summed E-state index contributed by atoms with van der Waals surface area (Å²) in [6, 6.07) is 2.20. The van der Waals surface area contributed by atoms with Crippen LogP contribution >= 0.6 is 11.6 Å². The molecule has 3 nitrogen and oxygen atoms in total. The Balaban J connectivity index is 2.78. The van der Waals surface area contributed by atoms with Gasteiger partial charge in [-0.15, -0.1) is 0 Å². The Hall–Kier alpha value is -0.830. The number of halogens is 1. The van der Waals surface area contributed by atoms with E-state index >= 15 is 0 Å². The van der Waals surface area contributed by atoms with Gasteiger partial charge in [-0.3, -0.25) is 0 Å². The summed E-state index contributed by atoms with van der Waals surface area (Å²) in [6.45, 7) is 6.34. The van der Waals surface area contributed by atoms with Gasteiger partial charge in [-0.25, -0.2) is 9.97 Å². The Morgan fingerprint density at radius 3 is 2.73 bits per heavy atom. The molecule has 1 heterocycles. The van der Waals surface area contributed by atoms with E-state index < -0.39 is 0 Å². The van der Waals surface area contributed by atoms with Gasteiger partial charge in [-0.05, 0) is 25.8 Å². The molecule has 0 bridgehead atoms. The van der Waals surface area contributed by atoms with Crippen LogP contribution in [0.2, 0.25) is 5.15 Å². The Labute approximate surface area is 96.3 Å². The zero-order valence-electron chi connectivity index (χ0n) is 9.55. The standard InChI is InChI=1S/C11H18ClN3/c1-4-6-9-7-10(12)15-11(14-9)13-8(3)5-2/h7-8H,4-6H2,1-3H3,(H,13,14,15). The maximum atomic E-state index is 5.92. The molecule has 0 spiro atoms. The molecule has 84 valence electrons. The van der Waals surface area contributed by atoms with Crippen LogP contribution in [0.3, 0.4) is 0 Å². The van der Waals surface area contributed by atoms with Crippen molar-refractivity contribution in [1.29, 1.82) is 0 Å². The zero-order valence-corrected chi connectivity index (χ0v) is 10.3. The third kappa shape index (κ3) is 4.04. The molecule has 0 aliphatic carbocycles. The second-order valence-corrected chi connectivity index (χ2v) is 4.10. The van der Waals surface area contributed by atoms with Crippen LogP contribution < -0.4 is 5.32 Å². The predicted octanol–water partition coefficient (Wildman–Crippen LogP) is 3.29. The summed E-state index contributed by atoms with van der Waals surface area (Å²) in [4.78, 5) is 8.55. The Bertz CT molecular complexity index is 315. The largest absolute Gasteiger partial charge is 0.352 e. The minimum absolute atomic E-state index is 0.373. The van der Waals surface area contributed by atoms with E-state index in [2.05, 4.69) is 36.1 Å². The number of nitrogens with one attached hydrogen (secondary N) is 1. The van der Waals surface area contributed by atoms with Crippen LogP contribution in [0.5, 0.6) is 0 Å². The molecule has 1 aromatic rings. The summed E-state index contributed by atoms with van der Waals surface area (Å²) in [5, 5.41) is 3.74. The summed E-state index contributed by atoms with van der Waals surface area (Å²) < 4.78 is 0. The molecule has 0 aliphatic heterocycles. The van der Waals surface area contributed by atoms with Crippen LogP contribution in [0.15, 0.2) is 6.07 Å². The number of hydrogen-bond acceptors (Lipinski definition) is 3. The number of anilines is 1. The van der Waals surface area contributed by atoms with E-state index in [1.165, 1.54) is 0 Å². The normalized spacial score (nSPS) is 12.5. The fraction of sp³-hybridized carbons (Fsp3) is 0.636. The van der Waals surface area contributed by atoms with Gasteiger partial charge in [0.15, 0.2) is 0 Å². The Kier molecular flexibility index (Phi) is 4.82. The van der Waals surface area contributed by atoms with Gasteiger partial charge >= 0.3 is 0 Å². The molecule has 1 rings (SSSR count). The van der Waals surface area contributed by atoms with E-state index in [1.54, 1.807) is 0 Å². The first kappa shape index (κ1) is 12.2. The van der Waals surface area contributed by atoms with Crippen molar-refractivity contribution in [2.45, 2.75) is 46.1 Å². The van der Waals surface area contributed by atoms with Gasteiger partial charge in [0, 0.05) is 11.7 Å². The Morgan fingerprint density at radius 1 is 1.40 bits per heavy atom. The molecule has 15 heavy (non-hydrogen) atoms. The smallest absolute Gasteiger partial charge is 0.224 e. The predicted molar refractivity (Wildman–Crippen MR) is 64.4 cm³/mol. The lowest BCUT2D eigenvalue weighted by molar-refractivity contribution is 0.748. The lowest BCUT2D eigenvalue weighted by Gasteiger charge is -2.12. The molecule has 0 saturated heterocycles. The first-order valence-electron chi connectivity index (χ1n) is 5.45. The average molecular weight is 228 g/mol. The van der Waals surface area contributed by atoms with Crippen molar-refractivity contribution in [2.75, 3.05) is 5.32 Å². The highest BCUT2D eigenvalue weighted by Crippen LogP contribution is 2.13. The van der Waals surface area contributed by atoms with Crippen molar-refractivity contribution in [3.8, 4) is 0 Å². The maximum absolute atomic E-state index is 5.92. The fourth-order valence-corrected chi connectivity index (χ4v) is 1.44. The third-order valence-corrected chi connectivity index (χ3v) is 2.44. The van der Waals surface area contributed by atoms with Gasteiger partial charge in [0.25, 0.3) is 0 Å². The first-order valence-corrected chi connectivity index (χ1v) is 5.83. The zero-order chi connectivity index (χ0) is 11.3. The summed E-state index contributed by atoms with van der Waals surface area (Å²) >= 11 is 5.92. The van der Waals surface area contributed by atoms with Crippen molar-refractivity contribution in [2.24, 2.45) is 0 Å². The average Bonchev–Trinajstić information content (AvgIpc) is 2.17. The highest BCUT2D eigenvalue weighted by Gasteiger charge is 2.05. The SMILES string of the molecule is CCCc1cc(Cl)nc(NC(C)CC)n1. The van der Waals surface area contributed by atoms with E-state index in [4.69, 9.17) is 11.6 Å². The topological polar surface area (TPSA) is 37.8 Å². The number of rotatable bonds is 5. The molecule has 4 heteroatoms. The van der Waals surface area contributed by atoms with Gasteiger partial charge in [0.2, 0.25) is 5.95 Å². The molecule has 0 aromatic carbocycles. The van der Waals surface area contributed by atoms with Gasteiger partial charge < -0.3 is 5.32 Å². The molecular weight excluding hydrogens is 210 g/mol. The molecule has 0 amide bonds. The van der Waals surface area contributed by atoms with Crippen molar-refractivity contribution < 1.29 is 0 Å². The van der Waals surface area contributed by atoms with Crippen LogP contribution in [0.4, 0.5) is 5.95 Å². The highest BCUT2D eigenvalue weighted by molar-refractivity contribution is 6.29. The summed E-state index contributed by atoms with van der Waals surface area (Å²) in [7, 11) is 0. The fourth-order valence-electron chi connectivity index (χ4n) is 1.24. The van der Waals surface area contributed by atoms with E-state index in [9.17, 15) is 0 Å². The molecule has 0 fully saturated rings. The molecule has 1 N–H and O–H groups in total. The molecule has 1 aromatic heterocycles. The second-order valence-electron chi connectivity index (χ2n) is 3.71. The molecule has 0 aliphatic rings. The van der Waals surface area contributed by atoms with Gasteiger partial charge in [-0.2, -0.15) is 0 Å².